The zero-order valence-corrected chi connectivity index (χ0v) is 12.2. The van der Waals surface area contributed by atoms with Crippen LogP contribution < -0.4 is 10.6 Å². The Bertz CT molecular complexity index is 791. The number of nitrogens with one attached hydrogen (secondary N) is 2. The van der Waals surface area contributed by atoms with Crippen LogP contribution in [0.5, 0.6) is 0 Å². The van der Waals surface area contributed by atoms with Gasteiger partial charge in [-0.2, -0.15) is 0 Å². The molecule has 0 aliphatic carbocycles. The van der Waals surface area contributed by atoms with Gasteiger partial charge in [-0.1, -0.05) is 0 Å². The molecule has 0 spiro atoms. The van der Waals surface area contributed by atoms with Gasteiger partial charge in [0.2, 0.25) is 0 Å². The fourth-order valence-electron chi connectivity index (χ4n) is 1.83. The number of carboxylic acids is 1. The number of aliphatic carboxylic acids is 1. The summed E-state index contributed by atoms with van der Waals surface area (Å²) in [5, 5.41) is 13.1. The van der Waals surface area contributed by atoms with Gasteiger partial charge in [0.05, 0.1) is 5.56 Å². The molecule has 8 heteroatoms. The van der Waals surface area contributed by atoms with Gasteiger partial charge >= 0.3 is 5.97 Å². The number of hydrogen-bond donors (Lipinski definition) is 3. The molecule has 0 bridgehead atoms. The number of amides is 2. The van der Waals surface area contributed by atoms with Crippen LogP contribution in [-0.4, -0.2) is 29.4 Å². The second-order valence-corrected chi connectivity index (χ2v) is 4.73. The lowest BCUT2D eigenvalue weighted by Gasteiger charge is -2.07. The van der Waals surface area contributed by atoms with Crippen LogP contribution in [0.1, 0.15) is 20.7 Å². The van der Waals surface area contributed by atoms with E-state index in [2.05, 4.69) is 10.6 Å². The third-order valence-electron chi connectivity index (χ3n) is 2.98. The summed E-state index contributed by atoms with van der Waals surface area (Å²) in [7, 11) is 0. The summed E-state index contributed by atoms with van der Waals surface area (Å²) >= 11 is 0. The molecule has 0 aliphatic rings. The van der Waals surface area contributed by atoms with E-state index in [-0.39, 0.29) is 11.1 Å². The monoisotopic (exact) mass is 334 g/mol. The van der Waals surface area contributed by atoms with Crippen molar-refractivity contribution < 1.29 is 28.3 Å². The Hall–Kier alpha value is -3.29. The molecule has 0 unspecified atom stereocenters. The van der Waals surface area contributed by atoms with E-state index in [1.165, 1.54) is 24.3 Å². The second-order valence-electron chi connectivity index (χ2n) is 4.73. The highest BCUT2D eigenvalue weighted by Gasteiger charge is 2.13. The van der Waals surface area contributed by atoms with Crippen LogP contribution in [0.25, 0.3) is 0 Å². The molecule has 124 valence electrons. The number of hydrogen-bond acceptors (Lipinski definition) is 3. The zero-order valence-electron chi connectivity index (χ0n) is 12.2. The van der Waals surface area contributed by atoms with Gasteiger partial charge in [0.15, 0.2) is 0 Å². The van der Waals surface area contributed by atoms with Gasteiger partial charge in [-0.25, -0.2) is 8.78 Å². The fourth-order valence-corrected chi connectivity index (χ4v) is 1.83. The van der Waals surface area contributed by atoms with Gasteiger partial charge in [-0.15, -0.1) is 0 Å². The van der Waals surface area contributed by atoms with Crippen LogP contribution in [0.15, 0.2) is 42.5 Å². The van der Waals surface area contributed by atoms with Gasteiger partial charge < -0.3 is 15.7 Å². The first-order valence-electron chi connectivity index (χ1n) is 6.73. The van der Waals surface area contributed by atoms with Crippen molar-refractivity contribution in [1.29, 1.82) is 0 Å². The van der Waals surface area contributed by atoms with Gasteiger partial charge in [0.25, 0.3) is 11.8 Å². The van der Waals surface area contributed by atoms with E-state index in [1.807, 2.05) is 0 Å². The molecule has 2 aromatic carbocycles. The Labute approximate surface area is 135 Å². The quantitative estimate of drug-likeness (QED) is 0.780. The van der Waals surface area contributed by atoms with E-state index in [9.17, 15) is 23.2 Å². The Morgan fingerprint density at radius 3 is 2.21 bits per heavy atom. The molecule has 2 amide bonds. The molecule has 0 aromatic heterocycles. The maximum absolute atomic E-state index is 13.5. The van der Waals surface area contributed by atoms with E-state index in [0.29, 0.717) is 11.8 Å². The summed E-state index contributed by atoms with van der Waals surface area (Å²) < 4.78 is 26.3. The maximum atomic E-state index is 13.5. The standard InChI is InChI=1S/C16H12F2N2O4/c17-10-3-6-12(13(18)7-10)16(24)20-11-4-1-9(2-5-11)15(23)19-8-14(21)22/h1-7H,8H2,(H,19,23)(H,20,24)(H,21,22). The normalized spacial score (nSPS) is 10.1. The average molecular weight is 334 g/mol. The van der Waals surface area contributed by atoms with Crippen molar-refractivity contribution in [3.05, 3.63) is 65.2 Å². The van der Waals surface area contributed by atoms with Crippen LogP contribution in [0, 0.1) is 11.6 Å². The Morgan fingerprint density at radius 1 is 0.958 bits per heavy atom. The first-order chi connectivity index (χ1) is 11.4. The number of anilines is 1. The largest absolute Gasteiger partial charge is 0.480 e. The van der Waals surface area contributed by atoms with Crippen LogP contribution >= 0.6 is 0 Å². The summed E-state index contributed by atoms with van der Waals surface area (Å²) in [6, 6.07) is 8.12. The molecular weight excluding hydrogens is 322 g/mol. The third-order valence-corrected chi connectivity index (χ3v) is 2.98. The number of carbonyl (C=O) groups is 3. The minimum Gasteiger partial charge on any atom is -0.480 e. The molecule has 0 fully saturated rings. The first kappa shape index (κ1) is 17.1. The Balaban J connectivity index is 2.04. The fraction of sp³-hybridized carbons (Fsp3) is 0.0625. The van der Waals surface area contributed by atoms with Crippen molar-refractivity contribution in [3.63, 3.8) is 0 Å². The number of rotatable bonds is 5. The summed E-state index contributed by atoms with van der Waals surface area (Å²) in [6.45, 7) is -0.513. The van der Waals surface area contributed by atoms with Gasteiger partial charge in [0.1, 0.15) is 18.2 Å². The number of halogens is 2. The number of benzene rings is 2. The highest BCUT2D eigenvalue weighted by molar-refractivity contribution is 6.04. The summed E-state index contributed by atoms with van der Waals surface area (Å²) in [4.78, 5) is 33.9. The maximum Gasteiger partial charge on any atom is 0.322 e. The van der Waals surface area contributed by atoms with Crippen LogP contribution in [0.4, 0.5) is 14.5 Å². The van der Waals surface area contributed by atoms with Crippen molar-refractivity contribution >= 4 is 23.5 Å². The van der Waals surface area contributed by atoms with Crippen molar-refractivity contribution in [2.24, 2.45) is 0 Å². The molecule has 0 radical (unpaired) electrons. The topological polar surface area (TPSA) is 95.5 Å². The summed E-state index contributed by atoms with van der Waals surface area (Å²) in [5.41, 5.74) is 0.167. The predicted octanol–water partition coefficient (Wildman–Crippen LogP) is 2.03. The van der Waals surface area contributed by atoms with E-state index < -0.39 is 36.0 Å². The summed E-state index contributed by atoms with van der Waals surface area (Å²) in [6.07, 6.45) is 0. The smallest absolute Gasteiger partial charge is 0.322 e. The molecule has 2 rings (SSSR count). The Kier molecular flexibility index (Phi) is 5.20. The molecule has 3 N–H and O–H groups in total. The van der Waals surface area contributed by atoms with Crippen LogP contribution in [0.3, 0.4) is 0 Å². The van der Waals surface area contributed by atoms with Crippen molar-refractivity contribution in [2.75, 3.05) is 11.9 Å². The number of carbonyl (C=O) groups excluding carboxylic acids is 2. The van der Waals surface area contributed by atoms with Crippen molar-refractivity contribution in [2.45, 2.75) is 0 Å². The lowest BCUT2D eigenvalue weighted by atomic mass is 10.1. The molecule has 24 heavy (non-hydrogen) atoms. The minimum atomic E-state index is -1.17. The predicted molar refractivity (Wildman–Crippen MR) is 80.7 cm³/mol. The van der Waals surface area contributed by atoms with Crippen molar-refractivity contribution in [1.82, 2.24) is 5.32 Å². The van der Waals surface area contributed by atoms with E-state index in [1.54, 1.807) is 0 Å². The highest BCUT2D eigenvalue weighted by atomic mass is 19.1. The first-order valence-corrected chi connectivity index (χ1v) is 6.73. The molecule has 0 aliphatic heterocycles. The lowest BCUT2D eigenvalue weighted by molar-refractivity contribution is -0.135. The van der Waals surface area contributed by atoms with Gasteiger partial charge in [-0.3, -0.25) is 14.4 Å². The van der Waals surface area contributed by atoms with Crippen LogP contribution in [0.2, 0.25) is 0 Å². The lowest BCUT2D eigenvalue weighted by Crippen LogP contribution is -2.29. The Morgan fingerprint density at radius 2 is 1.62 bits per heavy atom. The molecule has 2 aromatic rings. The third kappa shape index (κ3) is 4.35. The zero-order chi connectivity index (χ0) is 17.7. The highest BCUT2D eigenvalue weighted by Crippen LogP contribution is 2.14. The van der Waals surface area contributed by atoms with E-state index >= 15 is 0 Å². The second kappa shape index (κ2) is 7.32. The summed E-state index contributed by atoms with van der Waals surface area (Å²) in [5.74, 6) is -4.30. The van der Waals surface area contributed by atoms with Gasteiger partial charge in [0, 0.05) is 17.3 Å². The SMILES string of the molecule is O=C(O)CNC(=O)c1ccc(NC(=O)c2ccc(F)cc2F)cc1. The van der Waals surface area contributed by atoms with E-state index in [4.69, 9.17) is 5.11 Å². The van der Waals surface area contributed by atoms with E-state index in [0.717, 1.165) is 12.1 Å². The molecule has 0 heterocycles. The van der Waals surface area contributed by atoms with Crippen LogP contribution in [-0.2, 0) is 4.79 Å². The average Bonchev–Trinajstić information content (AvgIpc) is 2.53. The molecule has 6 nitrogen and oxygen atoms in total. The number of carboxylic acid groups (broad SMARTS) is 1. The van der Waals surface area contributed by atoms with Crippen molar-refractivity contribution in [3.8, 4) is 0 Å². The molecular formula is C16H12F2N2O4. The minimum absolute atomic E-state index is 0.196. The molecule has 0 atom stereocenters. The van der Waals surface area contributed by atoms with Gasteiger partial charge in [-0.05, 0) is 36.4 Å². The molecule has 0 saturated carbocycles. The molecule has 0 saturated heterocycles.